The highest BCUT2D eigenvalue weighted by molar-refractivity contribution is 7.76. The molecular formula is C35H85OSi11. The van der Waals surface area contributed by atoms with Gasteiger partial charge in [0.2, 0.25) is 0 Å². The van der Waals surface area contributed by atoms with Gasteiger partial charge in [-0.2, -0.15) is 0 Å². The molecule has 0 N–H and O–H groups in total. The Balaban J connectivity index is 2.42. The molecule has 4 aliphatic heterocycles. The first-order valence-corrected chi connectivity index (χ1v) is 55.4. The van der Waals surface area contributed by atoms with Gasteiger partial charge >= 0.3 is 0 Å². The molecule has 4 fully saturated rings. The Morgan fingerprint density at radius 1 is 0.383 bits per heavy atom. The molecular weight excluding hydrogens is 745 g/mol. The van der Waals surface area contributed by atoms with Crippen molar-refractivity contribution in [2.24, 2.45) is 0 Å². The highest BCUT2D eigenvalue weighted by Crippen LogP contribution is 2.90. The van der Waals surface area contributed by atoms with Crippen LogP contribution in [0.5, 0.6) is 0 Å². The molecule has 0 aromatic carbocycles. The average Bonchev–Trinajstić information content (AvgIpc) is 3.22. The zero-order chi connectivity index (χ0) is 37.3. The van der Waals surface area contributed by atoms with E-state index in [0.29, 0.717) is 8.57 Å². The van der Waals surface area contributed by atoms with Crippen LogP contribution in [0.3, 0.4) is 0 Å². The standard InChI is InChI=1S/C35H85OSi11/c1-31-30-46(32(38(2,3)4,39(5,6)7)26-27-33(46,40(8,9)10)41(11,12)13)37(31)47(36-31)34(42(14,15)16,43(17,18)19)28-29-35(47,44(20,21)22)45(23,24)25/h26-30H2,1-25H3. The highest BCUT2D eigenvalue weighted by Gasteiger charge is 3.01. The summed E-state index contributed by atoms with van der Waals surface area (Å²) < 4.78 is 11.5. The van der Waals surface area contributed by atoms with Gasteiger partial charge in [0.15, 0.2) is 7.83 Å². The van der Waals surface area contributed by atoms with Crippen molar-refractivity contribution < 1.29 is 4.43 Å². The minimum absolute atomic E-state index is 0.280. The van der Waals surface area contributed by atoms with Crippen molar-refractivity contribution >= 4 is 87.8 Å². The summed E-state index contributed by atoms with van der Waals surface area (Å²) in [6, 6.07) is 1.60. The minimum Gasteiger partial charge on any atom is -0.418 e. The van der Waals surface area contributed by atoms with Gasteiger partial charge in [0.1, 0.15) is 7.83 Å². The molecule has 275 valence electrons. The summed E-state index contributed by atoms with van der Waals surface area (Å²) in [5.41, 5.74) is 0. The average molecular weight is 831 g/mol. The number of hydrogen-bond acceptors (Lipinski definition) is 1. The van der Waals surface area contributed by atoms with Gasteiger partial charge in [0.25, 0.3) is 0 Å². The maximum atomic E-state index is 8.76. The van der Waals surface area contributed by atoms with Crippen LogP contribution in [0, 0.1) is 0 Å². The first-order valence-electron chi connectivity index (χ1n) is 19.8. The maximum absolute atomic E-state index is 8.76. The van der Waals surface area contributed by atoms with Crippen molar-refractivity contribution in [2.75, 3.05) is 0 Å². The lowest BCUT2D eigenvalue weighted by molar-refractivity contribution is 0.133. The first kappa shape index (κ1) is 42.1. The molecule has 0 aromatic rings. The normalized spacial score (nSPS) is 30.3. The number of fused-ring (bicyclic) bond motifs is 3. The monoisotopic (exact) mass is 829 g/mol. The van der Waals surface area contributed by atoms with Crippen molar-refractivity contribution in [2.45, 2.75) is 218 Å². The van der Waals surface area contributed by atoms with Gasteiger partial charge in [0.05, 0.1) is 7.59 Å². The second kappa shape index (κ2) is 10.6. The van der Waals surface area contributed by atoms with Gasteiger partial charge in [-0.05, 0) is 30.1 Å². The Morgan fingerprint density at radius 3 is 0.787 bits per heavy atom. The molecule has 0 aromatic heterocycles. The lowest BCUT2D eigenvalue weighted by atomic mass is 10.4. The molecule has 1 radical (unpaired) electrons. The van der Waals surface area contributed by atoms with E-state index in [0.717, 1.165) is 8.57 Å². The van der Waals surface area contributed by atoms with Crippen molar-refractivity contribution in [3.8, 4) is 0 Å². The van der Waals surface area contributed by atoms with Crippen LogP contribution >= 0.6 is 0 Å². The van der Waals surface area contributed by atoms with Gasteiger partial charge < -0.3 is 4.43 Å². The third kappa shape index (κ3) is 4.36. The zero-order valence-corrected chi connectivity index (χ0v) is 47.9. The third-order valence-corrected chi connectivity index (χ3v) is 123. The van der Waals surface area contributed by atoms with Crippen LogP contribution in [0.15, 0.2) is 0 Å². The summed E-state index contributed by atoms with van der Waals surface area (Å²) in [7, 11) is -17.7. The van der Waals surface area contributed by atoms with Crippen LogP contribution in [-0.4, -0.2) is 93.1 Å². The van der Waals surface area contributed by atoms with Crippen molar-refractivity contribution in [1.29, 1.82) is 0 Å². The molecule has 1 atom stereocenters. The Morgan fingerprint density at radius 2 is 0.596 bits per heavy atom. The lowest BCUT2D eigenvalue weighted by Gasteiger charge is -2.89. The van der Waals surface area contributed by atoms with Gasteiger partial charge in [0, 0.05) is 69.8 Å². The predicted molar refractivity (Wildman–Crippen MR) is 248 cm³/mol. The smallest absolute Gasteiger partial charge is 0.180 e. The molecule has 0 aliphatic carbocycles. The lowest BCUT2D eigenvalue weighted by Crippen LogP contribution is -3.08. The molecule has 4 saturated heterocycles. The SMILES string of the molecule is CC12C[Si]3([Si]1[Si]1(O2)C([Si](C)(C)C)([Si](C)(C)C)CCC1([Si](C)(C)C)[Si](C)(C)C)C([Si](C)(C)C)([Si](C)(C)C)CCC3([Si](C)(C)C)[Si](C)(C)C. The van der Waals surface area contributed by atoms with E-state index >= 15 is 0 Å². The second-order valence-corrected chi connectivity index (χ2v) is 93.0. The fourth-order valence-electron chi connectivity index (χ4n) is 17.9. The predicted octanol–water partition coefficient (Wildman–Crippen LogP) is 12.9. The van der Waals surface area contributed by atoms with E-state index in [9.17, 15) is 0 Å². The van der Waals surface area contributed by atoms with Crippen molar-refractivity contribution in [1.82, 2.24) is 0 Å². The van der Waals surface area contributed by atoms with E-state index in [1.54, 1.807) is 31.7 Å². The summed E-state index contributed by atoms with van der Waals surface area (Å²) in [5.74, 6) is 0. The molecule has 1 unspecified atom stereocenters. The van der Waals surface area contributed by atoms with Crippen LogP contribution in [0.4, 0.5) is 0 Å². The summed E-state index contributed by atoms with van der Waals surface area (Å²) in [6.07, 6.45) is 6.45. The number of hydrogen-bond donors (Lipinski definition) is 0. The molecule has 2 spiro atoms. The van der Waals surface area contributed by atoms with E-state index in [1.165, 1.54) is 0 Å². The highest BCUT2D eigenvalue weighted by atomic mass is 29.6. The topological polar surface area (TPSA) is 9.23 Å². The van der Waals surface area contributed by atoms with E-state index < -0.39 is 87.8 Å². The molecule has 4 heterocycles. The fraction of sp³-hybridized carbons (Fsp3) is 1.00. The van der Waals surface area contributed by atoms with Crippen LogP contribution in [0.2, 0.25) is 180 Å². The van der Waals surface area contributed by atoms with Crippen LogP contribution < -0.4 is 0 Å². The Labute approximate surface area is 308 Å². The maximum Gasteiger partial charge on any atom is 0.180 e. The van der Waals surface area contributed by atoms with Crippen molar-refractivity contribution in [3.05, 3.63) is 0 Å². The molecule has 4 rings (SSSR count). The van der Waals surface area contributed by atoms with E-state index in [-0.39, 0.29) is 5.22 Å². The van der Waals surface area contributed by atoms with Gasteiger partial charge in [-0.3, -0.25) is 0 Å². The van der Waals surface area contributed by atoms with Gasteiger partial charge in [-0.1, -0.05) is 183 Å². The van der Waals surface area contributed by atoms with Gasteiger partial charge in [-0.25, -0.2) is 0 Å². The van der Waals surface area contributed by atoms with Crippen LogP contribution in [-0.2, 0) is 4.43 Å². The molecule has 0 amide bonds. The molecule has 12 heteroatoms. The van der Waals surface area contributed by atoms with Crippen molar-refractivity contribution in [3.63, 3.8) is 0 Å². The summed E-state index contributed by atoms with van der Waals surface area (Å²) in [6.45, 7) is 73.0. The van der Waals surface area contributed by atoms with E-state index in [1.807, 2.05) is 0 Å². The van der Waals surface area contributed by atoms with E-state index in [4.69, 9.17) is 4.43 Å². The Hall–Kier alpha value is 2.35. The summed E-state index contributed by atoms with van der Waals surface area (Å²) in [4.78, 5) is 0. The zero-order valence-electron chi connectivity index (χ0n) is 36.9. The minimum atomic E-state index is -2.26. The van der Waals surface area contributed by atoms with Crippen LogP contribution in [0.1, 0.15) is 32.6 Å². The Bertz CT molecular complexity index is 1040. The molecule has 4 aliphatic rings. The fourth-order valence-corrected chi connectivity index (χ4v) is 196. The summed E-state index contributed by atoms with van der Waals surface area (Å²) >= 11 is 0. The first-order chi connectivity index (χ1) is 20.2. The second-order valence-electron chi connectivity index (χ2n) is 26.1. The van der Waals surface area contributed by atoms with E-state index in [2.05, 4.69) is 164 Å². The molecule has 1 nitrogen and oxygen atoms in total. The third-order valence-electron chi connectivity index (χ3n) is 16.9. The Kier molecular flexibility index (Phi) is 9.45. The molecule has 0 bridgehead atoms. The largest absolute Gasteiger partial charge is 0.418 e. The van der Waals surface area contributed by atoms with Gasteiger partial charge in [-0.15, -0.1) is 0 Å². The molecule has 47 heavy (non-hydrogen) atoms. The molecule has 0 saturated carbocycles. The quantitative estimate of drug-likeness (QED) is 0.222. The van der Waals surface area contributed by atoms with Crippen LogP contribution in [0.25, 0.3) is 0 Å². The number of rotatable bonds is 8. The summed E-state index contributed by atoms with van der Waals surface area (Å²) in [5, 5.41) is 0.280.